The van der Waals surface area contributed by atoms with Gasteiger partial charge < -0.3 is 5.32 Å². The second-order valence-electron chi connectivity index (χ2n) is 3.71. The van der Waals surface area contributed by atoms with Crippen molar-refractivity contribution in [2.24, 2.45) is 7.05 Å². The van der Waals surface area contributed by atoms with Gasteiger partial charge in [-0.05, 0) is 17.7 Å². The molecule has 1 heterocycles. The van der Waals surface area contributed by atoms with E-state index in [1.807, 2.05) is 18.2 Å². The molecule has 1 N–H and O–H groups in total. The van der Waals surface area contributed by atoms with Crippen LogP contribution in [-0.4, -0.2) is 20.2 Å². The van der Waals surface area contributed by atoms with Crippen LogP contribution in [0.25, 0.3) is 0 Å². The molecule has 1 unspecified atom stereocenters. The van der Waals surface area contributed by atoms with E-state index >= 15 is 0 Å². The maximum Gasteiger partial charge on any atom is 0.188 e. The summed E-state index contributed by atoms with van der Waals surface area (Å²) in [6.45, 7) is 2.75. The molecule has 1 atom stereocenters. The van der Waals surface area contributed by atoms with Crippen molar-refractivity contribution in [3.05, 3.63) is 41.7 Å². The number of nitrogens with one attached hydrogen (secondary N) is 1. The van der Waals surface area contributed by atoms with Crippen LogP contribution in [0.1, 0.15) is 24.4 Å². The van der Waals surface area contributed by atoms with Crippen LogP contribution >= 0.6 is 0 Å². The average molecular weight is 217 g/mol. The molecule has 0 aliphatic heterocycles. The van der Waals surface area contributed by atoms with E-state index in [0.29, 0.717) is 12.4 Å². The first kappa shape index (κ1) is 10.8. The summed E-state index contributed by atoms with van der Waals surface area (Å²) >= 11 is 0. The fourth-order valence-corrected chi connectivity index (χ4v) is 1.50. The lowest BCUT2D eigenvalue weighted by atomic mass is 10.1. The minimum Gasteiger partial charge on any atom is -0.303 e. The lowest BCUT2D eigenvalue weighted by Gasteiger charge is -2.12. The molecule has 16 heavy (non-hydrogen) atoms. The molecule has 0 aliphatic carbocycles. The monoisotopic (exact) mass is 217 g/mol. The zero-order valence-corrected chi connectivity index (χ0v) is 9.46. The predicted molar refractivity (Wildman–Crippen MR) is 60.5 cm³/mol. The second-order valence-corrected chi connectivity index (χ2v) is 3.71. The summed E-state index contributed by atoms with van der Waals surface area (Å²) in [7, 11) is 1.76. The van der Waals surface area contributed by atoms with Crippen molar-refractivity contribution in [3.8, 4) is 0 Å². The molecular weight excluding hydrogens is 202 g/mol. The summed E-state index contributed by atoms with van der Waals surface area (Å²) in [4.78, 5) is 1.46. The largest absolute Gasteiger partial charge is 0.303 e. The molecular formula is C11H15N5. The molecule has 0 amide bonds. The SMILES string of the molecule is CC(NCc1nnn(C)n1)c1ccccc1. The standard InChI is InChI=1S/C11H15N5/c1-9(10-6-4-3-5-7-10)12-8-11-13-15-16(2)14-11/h3-7,9,12H,8H2,1-2H3. The van der Waals surface area contributed by atoms with Gasteiger partial charge in [0, 0.05) is 6.04 Å². The Labute approximate surface area is 94.5 Å². The Morgan fingerprint density at radius 2 is 2.06 bits per heavy atom. The van der Waals surface area contributed by atoms with Crippen molar-refractivity contribution in [2.75, 3.05) is 0 Å². The van der Waals surface area contributed by atoms with E-state index in [-0.39, 0.29) is 6.04 Å². The molecule has 2 aromatic rings. The molecule has 1 aromatic carbocycles. The predicted octanol–water partition coefficient (Wildman–Crippen LogP) is 1.06. The molecule has 0 saturated heterocycles. The Balaban J connectivity index is 1.91. The van der Waals surface area contributed by atoms with E-state index in [1.165, 1.54) is 10.4 Å². The summed E-state index contributed by atoms with van der Waals surface area (Å²) in [5.74, 6) is 0.713. The normalized spacial score (nSPS) is 12.6. The Kier molecular flexibility index (Phi) is 3.26. The summed E-state index contributed by atoms with van der Waals surface area (Å²) in [5, 5.41) is 15.2. The third-order valence-corrected chi connectivity index (χ3v) is 2.42. The number of rotatable bonds is 4. The number of nitrogens with zero attached hydrogens (tertiary/aromatic N) is 4. The number of benzene rings is 1. The second kappa shape index (κ2) is 4.85. The van der Waals surface area contributed by atoms with Gasteiger partial charge in [0.2, 0.25) is 0 Å². The average Bonchev–Trinajstić information content (AvgIpc) is 2.73. The van der Waals surface area contributed by atoms with Gasteiger partial charge in [-0.15, -0.1) is 10.2 Å². The number of aromatic nitrogens is 4. The Morgan fingerprint density at radius 3 is 2.69 bits per heavy atom. The van der Waals surface area contributed by atoms with Crippen molar-refractivity contribution in [1.29, 1.82) is 0 Å². The Morgan fingerprint density at radius 1 is 1.31 bits per heavy atom. The third kappa shape index (κ3) is 2.64. The van der Waals surface area contributed by atoms with E-state index in [1.54, 1.807) is 7.05 Å². The summed E-state index contributed by atoms with van der Waals surface area (Å²) in [5.41, 5.74) is 1.26. The molecule has 84 valence electrons. The summed E-state index contributed by atoms with van der Waals surface area (Å²) in [6.07, 6.45) is 0. The highest BCUT2D eigenvalue weighted by atomic mass is 15.6. The lowest BCUT2D eigenvalue weighted by Crippen LogP contribution is -2.18. The first-order valence-electron chi connectivity index (χ1n) is 5.27. The maximum absolute atomic E-state index is 4.11. The van der Waals surface area contributed by atoms with E-state index in [2.05, 4.69) is 39.8 Å². The van der Waals surface area contributed by atoms with Crippen LogP contribution < -0.4 is 5.32 Å². The zero-order valence-electron chi connectivity index (χ0n) is 9.46. The molecule has 0 fully saturated rings. The molecule has 1 aromatic heterocycles. The van der Waals surface area contributed by atoms with Gasteiger partial charge in [0.05, 0.1) is 13.6 Å². The molecule has 0 spiro atoms. The van der Waals surface area contributed by atoms with Gasteiger partial charge in [0.1, 0.15) is 0 Å². The Bertz CT molecular complexity index is 437. The smallest absolute Gasteiger partial charge is 0.188 e. The van der Waals surface area contributed by atoms with Gasteiger partial charge in [-0.3, -0.25) is 0 Å². The summed E-state index contributed by atoms with van der Waals surface area (Å²) < 4.78 is 0. The Hall–Kier alpha value is -1.75. The van der Waals surface area contributed by atoms with Crippen LogP contribution in [0.15, 0.2) is 30.3 Å². The first-order chi connectivity index (χ1) is 7.75. The number of hydrogen-bond donors (Lipinski definition) is 1. The number of aryl methyl sites for hydroxylation is 1. The minimum atomic E-state index is 0.282. The van der Waals surface area contributed by atoms with E-state index in [0.717, 1.165) is 0 Å². The van der Waals surface area contributed by atoms with Crippen molar-refractivity contribution in [3.63, 3.8) is 0 Å². The van der Waals surface area contributed by atoms with Crippen molar-refractivity contribution >= 4 is 0 Å². The molecule has 5 heteroatoms. The minimum absolute atomic E-state index is 0.282. The number of tetrazole rings is 1. The summed E-state index contributed by atoms with van der Waals surface area (Å²) in [6, 6.07) is 10.6. The fraction of sp³-hybridized carbons (Fsp3) is 0.364. The first-order valence-corrected chi connectivity index (χ1v) is 5.27. The highest BCUT2D eigenvalue weighted by Gasteiger charge is 2.06. The van der Waals surface area contributed by atoms with Crippen LogP contribution in [-0.2, 0) is 13.6 Å². The van der Waals surface area contributed by atoms with Gasteiger partial charge in [-0.2, -0.15) is 4.80 Å². The fourth-order valence-electron chi connectivity index (χ4n) is 1.50. The van der Waals surface area contributed by atoms with Crippen LogP contribution in [0.5, 0.6) is 0 Å². The molecule has 0 saturated carbocycles. The van der Waals surface area contributed by atoms with Crippen molar-refractivity contribution < 1.29 is 0 Å². The highest BCUT2D eigenvalue weighted by Crippen LogP contribution is 2.11. The zero-order chi connectivity index (χ0) is 11.4. The van der Waals surface area contributed by atoms with Crippen molar-refractivity contribution in [2.45, 2.75) is 19.5 Å². The highest BCUT2D eigenvalue weighted by molar-refractivity contribution is 5.17. The van der Waals surface area contributed by atoms with E-state index < -0.39 is 0 Å². The molecule has 5 nitrogen and oxygen atoms in total. The van der Waals surface area contributed by atoms with E-state index in [9.17, 15) is 0 Å². The molecule has 2 rings (SSSR count). The van der Waals surface area contributed by atoms with Crippen LogP contribution in [0.2, 0.25) is 0 Å². The maximum atomic E-state index is 4.11. The van der Waals surface area contributed by atoms with E-state index in [4.69, 9.17) is 0 Å². The van der Waals surface area contributed by atoms with Crippen LogP contribution in [0, 0.1) is 0 Å². The van der Waals surface area contributed by atoms with Gasteiger partial charge in [-0.1, -0.05) is 30.3 Å². The molecule has 0 aliphatic rings. The third-order valence-electron chi connectivity index (χ3n) is 2.42. The topological polar surface area (TPSA) is 55.6 Å². The van der Waals surface area contributed by atoms with Crippen LogP contribution in [0.3, 0.4) is 0 Å². The van der Waals surface area contributed by atoms with Crippen LogP contribution in [0.4, 0.5) is 0 Å². The van der Waals surface area contributed by atoms with Gasteiger partial charge in [0.15, 0.2) is 5.82 Å². The number of hydrogen-bond acceptors (Lipinski definition) is 4. The van der Waals surface area contributed by atoms with Gasteiger partial charge >= 0.3 is 0 Å². The van der Waals surface area contributed by atoms with Crippen molar-refractivity contribution in [1.82, 2.24) is 25.5 Å². The lowest BCUT2D eigenvalue weighted by molar-refractivity contribution is 0.555. The van der Waals surface area contributed by atoms with Gasteiger partial charge in [0.25, 0.3) is 0 Å². The molecule has 0 radical (unpaired) electrons. The quantitative estimate of drug-likeness (QED) is 0.832. The van der Waals surface area contributed by atoms with Gasteiger partial charge in [-0.25, -0.2) is 0 Å². The molecule has 0 bridgehead atoms.